The second-order valence-corrected chi connectivity index (χ2v) is 19.3. The van der Waals surface area contributed by atoms with Gasteiger partial charge in [-0.2, -0.15) is 0 Å². The molecule has 0 rings (SSSR count). The highest BCUT2D eigenvalue weighted by molar-refractivity contribution is 5.77. The molecule has 64 heavy (non-hydrogen) atoms. The molecule has 0 bridgehead atoms. The molecule has 0 heterocycles. The summed E-state index contributed by atoms with van der Waals surface area (Å²) in [5.74, 6) is -0.474. The third kappa shape index (κ3) is 46.6. The minimum absolute atomic E-state index is 0.0733. The molecule has 3 unspecified atom stereocenters. The lowest BCUT2D eigenvalue weighted by molar-refractivity contribution is -0.151. The quantitative estimate of drug-likeness (QED) is 0.0321. The highest BCUT2D eigenvalue weighted by Gasteiger charge is 2.24. The fourth-order valence-corrected chi connectivity index (χ4v) is 8.63. The number of allylic oxidation sites excluding steroid dienone is 6. The SMILES string of the molecule is CCCCC/C=C\C/C=C\CCCCCCCCCC(CC(=O)NC(CO)C(O)CCCCCCCCCCCCCCC)OC(=O)CCCCCCCCC/C=C\CCCCCC. The molecule has 3 N–H and O–H groups in total. The molecule has 6 heteroatoms. The van der Waals surface area contributed by atoms with Crippen molar-refractivity contribution in [3.8, 4) is 0 Å². The van der Waals surface area contributed by atoms with Crippen LogP contribution in [0.4, 0.5) is 0 Å². The first-order valence-corrected chi connectivity index (χ1v) is 28.2. The summed E-state index contributed by atoms with van der Waals surface area (Å²) in [5, 5.41) is 23.8. The molecule has 1 amide bonds. The van der Waals surface area contributed by atoms with E-state index in [0.717, 1.165) is 64.2 Å². The number of carbonyl (C=O) groups is 2. The first kappa shape index (κ1) is 62.1. The van der Waals surface area contributed by atoms with Crippen molar-refractivity contribution in [2.24, 2.45) is 0 Å². The van der Waals surface area contributed by atoms with Gasteiger partial charge in [-0.25, -0.2) is 0 Å². The molecule has 0 saturated heterocycles. The van der Waals surface area contributed by atoms with Crippen molar-refractivity contribution in [2.45, 2.75) is 315 Å². The third-order valence-electron chi connectivity index (χ3n) is 12.9. The van der Waals surface area contributed by atoms with E-state index < -0.39 is 18.2 Å². The number of hydrogen-bond acceptors (Lipinski definition) is 5. The summed E-state index contributed by atoms with van der Waals surface area (Å²) < 4.78 is 5.96. The lowest BCUT2D eigenvalue weighted by atomic mass is 10.0. The smallest absolute Gasteiger partial charge is 0.306 e. The molecule has 0 aromatic heterocycles. The molecule has 0 fully saturated rings. The molecule has 0 radical (unpaired) electrons. The molecule has 0 aromatic rings. The lowest BCUT2D eigenvalue weighted by Crippen LogP contribution is -2.46. The van der Waals surface area contributed by atoms with E-state index in [2.05, 4.69) is 62.5 Å². The summed E-state index contributed by atoms with van der Waals surface area (Å²) in [7, 11) is 0. The van der Waals surface area contributed by atoms with E-state index >= 15 is 0 Å². The van der Waals surface area contributed by atoms with Crippen LogP contribution in [0.5, 0.6) is 0 Å². The number of unbranched alkanes of at least 4 members (excludes halogenated alkanes) is 33. The number of amides is 1. The first-order chi connectivity index (χ1) is 31.5. The van der Waals surface area contributed by atoms with Crippen LogP contribution in [-0.4, -0.2) is 46.9 Å². The van der Waals surface area contributed by atoms with Crippen LogP contribution in [0.2, 0.25) is 0 Å². The maximum Gasteiger partial charge on any atom is 0.306 e. The van der Waals surface area contributed by atoms with Crippen LogP contribution in [0, 0.1) is 0 Å². The monoisotopic (exact) mass is 900 g/mol. The molecular formula is C58H109NO5. The van der Waals surface area contributed by atoms with Crippen molar-refractivity contribution in [3.63, 3.8) is 0 Å². The Morgan fingerprint density at radius 2 is 0.797 bits per heavy atom. The summed E-state index contributed by atoms with van der Waals surface area (Å²) >= 11 is 0. The zero-order chi connectivity index (χ0) is 46.7. The standard InChI is InChI=1S/C58H109NO5/c1-4-7-10-13-16-19-22-25-27-28-30-32-34-37-40-43-46-49-54(64-58(63)51-48-45-42-39-36-33-29-26-23-20-17-14-11-8-5-2)52-57(62)59-55(53-60)56(61)50-47-44-41-38-35-31-24-21-18-15-12-9-6-3/h16,19-20,23,25,27,54-56,60-61H,4-15,17-18,21-22,24,26,28-53H2,1-3H3,(H,59,62)/b19-16-,23-20-,27-25-. The van der Waals surface area contributed by atoms with Crippen LogP contribution in [-0.2, 0) is 14.3 Å². The average molecular weight is 901 g/mol. The summed E-state index contributed by atoms with van der Waals surface area (Å²) in [6.07, 6.45) is 62.0. The van der Waals surface area contributed by atoms with E-state index in [0.29, 0.717) is 19.3 Å². The third-order valence-corrected chi connectivity index (χ3v) is 12.9. The van der Waals surface area contributed by atoms with Gasteiger partial charge in [-0.15, -0.1) is 0 Å². The largest absolute Gasteiger partial charge is 0.462 e. The maximum absolute atomic E-state index is 13.3. The van der Waals surface area contributed by atoms with Crippen LogP contribution in [0.3, 0.4) is 0 Å². The predicted molar refractivity (Wildman–Crippen MR) is 278 cm³/mol. The predicted octanol–water partition coefficient (Wildman–Crippen LogP) is 17.2. The minimum atomic E-state index is -0.789. The van der Waals surface area contributed by atoms with Gasteiger partial charge in [-0.3, -0.25) is 9.59 Å². The Morgan fingerprint density at radius 1 is 0.453 bits per heavy atom. The molecule has 0 saturated carbocycles. The van der Waals surface area contributed by atoms with Gasteiger partial charge in [0.15, 0.2) is 0 Å². The molecule has 3 atom stereocenters. The van der Waals surface area contributed by atoms with E-state index in [1.165, 1.54) is 186 Å². The summed E-state index contributed by atoms with van der Waals surface area (Å²) in [6, 6.07) is -0.703. The molecule has 0 aliphatic rings. The fourth-order valence-electron chi connectivity index (χ4n) is 8.63. The number of nitrogens with one attached hydrogen (secondary N) is 1. The van der Waals surface area contributed by atoms with Gasteiger partial charge in [-0.05, 0) is 83.5 Å². The molecule has 0 aliphatic carbocycles. The zero-order valence-electron chi connectivity index (χ0n) is 42.9. The summed E-state index contributed by atoms with van der Waals surface area (Å²) in [5.41, 5.74) is 0. The Labute approximate surface area is 398 Å². The maximum atomic E-state index is 13.3. The number of aliphatic hydroxyl groups excluding tert-OH is 2. The zero-order valence-corrected chi connectivity index (χ0v) is 42.9. The van der Waals surface area contributed by atoms with Gasteiger partial charge in [0.2, 0.25) is 5.91 Å². The number of carbonyl (C=O) groups excluding carboxylic acids is 2. The van der Waals surface area contributed by atoms with Crippen molar-refractivity contribution in [1.29, 1.82) is 0 Å². The number of rotatable bonds is 51. The van der Waals surface area contributed by atoms with Crippen LogP contribution in [0.1, 0.15) is 297 Å². The van der Waals surface area contributed by atoms with E-state index in [4.69, 9.17) is 4.74 Å². The minimum Gasteiger partial charge on any atom is -0.462 e. The summed E-state index contributed by atoms with van der Waals surface area (Å²) in [6.45, 7) is 6.47. The highest BCUT2D eigenvalue weighted by atomic mass is 16.5. The van der Waals surface area contributed by atoms with E-state index in [-0.39, 0.29) is 24.9 Å². The normalized spacial score (nSPS) is 13.4. The molecular weight excluding hydrogens is 791 g/mol. The van der Waals surface area contributed by atoms with Crippen LogP contribution in [0.25, 0.3) is 0 Å². The lowest BCUT2D eigenvalue weighted by Gasteiger charge is -2.24. The average Bonchev–Trinajstić information content (AvgIpc) is 3.29. The van der Waals surface area contributed by atoms with E-state index in [9.17, 15) is 19.8 Å². The van der Waals surface area contributed by atoms with Crippen LogP contribution in [0.15, 0.2) is 36.5 Å². The van der Waals surface area contributed by atoms with Gasteiger partial charge < -0.3 is 20.3 Å². The highest BCUT2D eigenvalue weighted by Crippen LogP contribution is 2.18. The molecule has 0 aromatic carbocycles. The van der Waals surface area contributed by atoms with Gasteiger partial charge in [0, 0.05) is 6.42 Å². The van der Waals surface area contributed by atoms with Crippen molar-refractivity contribution in [2.75, 3.05) is 6.61 Å². The van der Waals surface area contributed by atoms with Crippen molar-refractivity contribution < 1.29 is 24.5 Å². The van der Waals surface area contributed by atoms with Crippen molar-refractivity contribution in [3.05, 3.63) is 36.5 Å². The van der Waals surface area contributed by atoms with Gasteiger partial charge in [0.25, 0.3) is 0 Å². The Morgan fingerprint density at radius 3 is 1.25 bits per heavy atom. The Bertz CT molecular complexity index is 1060. The topological polar surface area (TPSA) is 95.9 Å². The van der Waals surface area contributed by atoms with Gasteiger partial charge >= 0.3 is 5.97 Å². The second-order valence-electron chi connectivity index (χ2n) is 19.3. The van der Waals surface area contributed by atoms with Crippen molar-refractivity contribution >= 4 is 11.9 Å². The second kappa shape index (κ2) is 52.1. The van der Waals surface area contributed by atoms with E-state index in [1.807, 2.05) is 0 Å². The fraction of sp³-hybridized carbons (Fsp3) is 0.862. The first-order valence-electron chi connectivity index (χ1n) is 28.2. The molecule has 376 valence electrons. The molecule has 6 nitrogen and oxygen atoms in total. The van der Waals surface area contributed by atoms with Crippen LogP contribution < -0.4 is 5.32 Å². The Balaban J connectivity index is 4.58. The number of hydrogen-bond donors (Lipinski definition) is 3. The molecule has 0 spiro atoms. The van der Waals surface area contributed by atoms with Gasteiger partial charge in [-0.1, -0.05) is 237 Å². The Kier molecular flexibility index (Phi) is 50.5. The van der Waals surface area contributed by atoms with Crippen LogP contribution >= 0.6 is 0 Å². The van der Waals surface area contributed by atoms with Gasteiger partial charge in [0.1, 0.15) is 6.10 Å². The van der Waals surface area contributed by atoms with E-state index in [1.54, 1.807) is 0 Å². The number of aliphatic hydroxyl groups is 2. The van der Waals surface area contributed by atoms with Crippen molar-refractivity contribution in [1.82, 2.24) is 5.32 Å². The Hall–Kier alpha value is -1.92. The molecule has 0 aliphatic heterocycles. The number of esters is 1. The van der Waals surface area contributed by atoms with Gasteiger partial charge in [0.05, 0.1) is 25.2 Å². The number of ether oxygens (including phenoxy) is 1. The summed E-state index contributed by atoms with van der Waals surface area (Å²) in [4.78, 5) is 26.2.